The van der Waals surface area contributed by atoms with Crippen LogP contribution in [0.5, 0.6) is 0 Å². The molecule has 1 aromatic carbocycles. The SMILES string of the molecule is Cn1nc(N2CCCCC2)c2cccc([N+](=O)[O-])c21. The second-order valence-electron chi connectivity index (χ2n) is 4.93. The van der Waals surface area contributed by atoms with Crippen LogP contribution in [0.1, 0.15) is 19.3 Å². The van der Waals surface area contributed by atoms with Crippen LogP contribution in [-0.4, -0.2) is 27.8 Å². The Hall–Kier alpha value is -2.11. The van der Waals surface area contributed by atoms with Crippen LogP contribution >= 0.6 is 0 Å². The Labute approximate surface area is 110 Å². The first kappa shape index (κ1) is 12.0. The number of benzene rings is 1. The van der Waals surface area contributed by atoms with Crippen LogP contribution < -0.4 is 4.90 Å². The molecule has 0 aliphatic carbocycles. The summed E-state index contributed by atoms with van der Waals surface area (Å²) >= 11 is 0. The van der Waals surface area contributed by atoms with E-state index in [4.69, 9.17) is 0 Å². The molecule has 0 spiro atoms. The number of hydrogen-bond donors (Lipinski definition) is 0. The lowest BCUT2D eigenvalue weighted by atomic mass is 10.1. The Morgan fingerprint density at radius 1 is 1.26 bits per heavy atom. The second-order valence-corrected chi connectivity index (χ2v) is 4.93. The van der Waals surface area contributed by atoms with Gasteiger partial charge in [-0.1, -0.05) is 6.07 Å². The van der Waals surface area contributed by atoms with E-state index in [1.165, 1.54) is 12.5 Å². The van der Waals surface area contributed by atoms with Gasteiger partial charge in [-0.3, -0.25) is 14.8 Å². The molecular formula is C13H16N4O2. The first-order valence-electron chi connectivity index (χ1n) is 6.53. The van der Waals surface area contributed by atoms with Crippen LogP contribution in [0.2, 0.25) is 0 Å². The minimum Gasteiger partial charge on any atom is -0.355 e. The lowest BCUT2D eigenvalue weighted by Crippen LogP contribution is -2.29. The van der Waals surface area contributed by atoms with Gasteiger partial charge in [-0.2, -0.15) is 5.10 Å². The zero-order valence-electron chi connectivity index (χ0n) is 10.9. The maximum atomic E-state index is 11.1. The van der Waals surface area contributed by atoms with E-state index in [1.54, 1.807) is 17.8 Å². The van der Waals surface area contributed by atoms with Gasteiger partial charge in [-0.05, 0) is 25.3 Å². The number of para-hydroxylation sites is 1. The molecule has 0 atom stereocenters. The van der Waals surface area contributed by atoms with Crippen LogP contribution in [0.15, 0.2) is 18.2 Å². The van der Waals surface area contributed by atoms with Crippen LogP contribution in [0.4, 0.5) is 11.5 Å². The van der Waals surface area contributed by atoms with E-state index in [1.807, 2.05) is 6.07 Å². The lowest BCUT2D eigenvalue weighted by Gasteiger charge is -2.26. The molecule has 0 amide bonds. The van der Waals surface area contributed by atoms with Crippen molar-refractivity contribution in [3.63, 3.8) is 0 Å². The number of nitrogens with zero attached hydrogens (tertiary/aromatic N) is 4. The topological polar surface area (TPSA) is 64.2 Å². The van der Waals surface area contributed by atoms with Gasteiger partial charge >= 0.3 is 0 Å². The van der Waals surface area contributed by atoms with Crippen LogP contribution in [0.3, 0.4) is 0 Å². The number of aryl methyl sites for hydroxylation is 1. The molecule has 6 heteroatoms. The van der Waals surface area contributed by atoms with E-state index in [9.17, 15) is 10.1 Å². The predicted molar refractivity (Wildman–Crippen MR) is 73.4 cm³/mol. The van der Waals surface area contributed by atoms with Crippen LogP contribution in [0.25, 0.3) is 10.9 Å². The Morgan fingerprint density at radius 2 is 2.00 bits per heavy atom. The van der Waals surface area contributed by atoms with E-state index < -0.39 is 0 Å². The summed E-state index contributed by atoms with van der Waals surface area (Å²) in [6.07, 6.45) is 3.57. The highest BCUT2D eigenvalue weighted by atomic mass is 16.6. The maximum Gasteiger partial charge on any atom is 0.295 e. The Morgan fingerprint density at radius 3 is 2.68 bits per heavy atom. The third-order valence-electron chi connectivity index (χ3n) is 3.68. The first-order valence-corrected chi connectivity index (χ1v) is 6.53. The van der Waals surface area contributed by atoms with E-state index in [-0.39, 0.29) is 10.6 Å². The van der Waals surface area contributed by atoms with Gasteiger partial charge in [0.1, 0.15) is 5.52 Å². The third-order valence-corrected chi connectivity index (χ3v) is 3.68. The molecular weight excluding hydrogens is 244 g/mol. The summed E-state index contributed by atoms with van der Waals surface area (Å²) in [4.78, 5) is 13.0. The summed E-state index contributed by atoms with van der Waals surface area (Å²) in [6, 6.07) is 5.18. The second kappa shape index (κ2) is 4.53. The molecule has 100 valence electrons. The normalized spacial score (nSPS) is 15.9. The lowest BCUT2D eigenvalue weighted by molar-refractivity contribution is -0.383. The molecule has 6 nitrogen and oxygen atoms in total. The summed E-state index contributed by atoms with van der Waals surface area (Å²) in [6.45, 7) is 1.96. The van der Waals surface area contributed by atoms with Crippen molar-refractivity contribution in [1.82, 2.24) is 9.78 Å². The van der Waals surface area contributed by atoms with Gasteiger partial charge in [-0.25, -0.2) is 0 Å². The van der Waals surface area contributed by atoms with Crippen LogP contribution in [0, 0.1) is 10.1 Å². The molecule has 1 aliphatic heterocycles. The van der Waals surface area contributed by atoms with Crippen molar-refractivity contribution in [3.05, 3.63) is 28.3 Å². The summed E-state index contributed by atoms with van der Waals surface area (Å²) in [5.41, 5.74) is 0.726. The molecule has 0 N–H and O–H groups in total. The minimum absolute atomic E-state index is 0.121. The fourth-order valence-corrected chi connectivity index (χ4v) is 2.78. The van der Waals surface area contributed by atoms with Gasteiger partial charge in [-0.15, -0.1) is 0 Å². The number of anilines is 1. The van der Waals surface area contributed by atoms with E-state index in [0.717, 1.165) is 37.1 Å². The maximum absolute atomic E-state index is 11.1. The number of piperidine rings is 1. The molecule has 2 heterocycles. The fourth-order valence-electron chi connectivity index (χ4n) is 2.78. The molecule has 19 heavy (non-hydrogen) atoms. The number of hydrogen-bond acceptors (Lipinski definition) is 4. The molecule has 3 rings (SSSR count). The molecule has 0 saturated carbocycles. The van der Waals surface area contributed by atoms with Crippen molar-refractivity contribution in [2.45, 2.75) is 19.3 Å². The van der Waals surface area contributed by atoms with E-state index >= 15 is 0 Å². The first-order chi connectivity index (χ1) is 9.18. The van der Waals surface area contributed by atoms with Crippen molar-refractivity contribution < 1.29 is 4.92 Å². The summed E-state index contributed by atoms with van der Waals surface area (Å²) in [5.74, 6) is 0.876. The minimum atomic E-state index is -0.343. The number of fused-ring (bicyclic) bond motifs is 1. The molecule has 0 unspecified atom stereocenters. The van der Waals surface area contributed by atoms with Crippen molar-refractivity contribution >= 4 is 22.4 Å². The van der Waals surface area contributed by atoms with Crippen molar-refractivity contribution in [3.8, 4) is 0 Å². The molecule has 1 aliphatic rings. The summed E-state index contributed by atoms with van der Waals surface area (Å²) < 4.78 is 1.62. The van der Waals surface area contributed by atoms with Gasteiger partial charge in [0.05, 0.1) is 10.3 Å². The quantitative estimate of drug-likeness (QED) is 0.614. The van der Waals surface area contributed by atoms with Crippen molar-refractivity contribution in [1.29, 1.82) is 0 Å². The smallest absolute Gasteiger partial charge is 0.295 e. The Bertz CT molecular complexity index is 629. The summed E-state index contributed by atoms with van der Waals surface area (Å²) in [7, 11) is 1.77. The predicted octanol–water partition coefficient (Wildman–Crippen LogP) is 2.47. The zero-order valence-corrected chi connectivity index (χ0v) is 10.9. The molecule has 1 fully saturated rings. The number of aromatic nitrogens is 2. The average Bonchev–Trinajstić information content (AvgIpc) is 2.77. The molecule has 0 bridgehead atoms. The molecule has 2 aromatic rings. The molecule has 1 aromatic heterocycles. The number of non-ortho nitro benzene ring substituents is 1. The van der Waals surface area contributed by atoms with Crippen LogP contribution in [-0.2, 0) is 7.05 Å². The molecule has 0 radical (unpaired) electrons. The molecule has 1 saturated heterocycles. The Balaban J connectivity index is 2.16. The van der Waals surface area contributed by atoms with Crippen molar-refractivity contribution in [2.75, 3.05) is 18.0 Å². The van der Waals surface area contributed by atoms with Crippen molar-refractivity contribution in [2.24, 2.45) is 7.05 Å². The van der Waals surface area contributed by atoms with E-state index in [2.05, 4.69) is 10.00 Å². The highest BCUT2D eigenvalue weighted by molar-refractivity contribution is 5.96. The van der Waals surface area contributed by atoms with Gasteiger partial charge in [0, 0.05) is 26.2 Å². The largest absolute Gasteiger partial charge is 0.355 e. The van der Waals surface area contributed by atoms with Gasteiger partial charge in [0.25, 0.3) is 5.69 Å². The highest BCUT2D eigenvalue weighted by Gasteiger charge is 2.22. The van der Waals surface area contributed by atoms with E-state index in [0.29, 0.717) is 5.52 Å². The number of nitro groups is 1. The fraction of sp³-hybridized carbons (Fsp3) is 0.462. The zero-order chi connectivity index (χ0) is 13.4. The highest BCUT2D eigenvalue weighted by Crippen LogP contribution is 2.32. The monoisotopic (exact) mass is 260 g/mol. The average molecular weight is 260 g/mol. The summed E-state index contributed by atoms with van der Waals surface area (Å²) in [5, 5.41) is 16.5. The van der Waals surface area contributed by atoms with Gasteiger partial charge in [0.2, 0.25) is 0 Å². The Kier molecular flexibility index (Phi) is 2.85. The van der Waals surface area contributed by atoms with Gasteiger partial charge in [0.15, 0.2) is 5.82 Å². The number of nitro benzene ring substituents is 1. The standard InChI is InChI=1S/C13H16N4O2/c1-15-12-10(6-5-7-11(12)17(18)19)13(14-15)16-8-3-2-4-9-16/h5-7H,2-4,8-9H2,1H3. The van der Waals surface area contributed by atoms with Gasteiger partial charge < -0.3 is 4.90 Å². The number of rotatable bonds is 2. The third kappa shape index (κ3) is 1.93.